The van der Waals surface area contributed by atoms with Gasteiger partial charge in [-0.05, 0) is 36.8 Å². The van der Waals surface area contributed by atoms with Crippen LogP contribution in [-0.2, 0) is 11.2 Å². The van der Waals surface area contributed by atoms with E-state index in [2.05, 4.69) is 27.0 Å². The molecule has 0 spiro atoms. The highest BCUT2D eigenvalue weighted by Gasteiger charge is 2.28. The number of anilines is 2. The number of fused-ring (bicyclic) bond motifs is 1. The van der Waals surface area contributed by atoms with Crippen LogP contribution in [0.15, 0.2) is 30.3 Å². The molecule has 2 aromatic rings. The second kappa shape index (κ2) is 8.04. The standard InChI is InChI=1S/C21H26N4O3/c1-27-18-14-19(28-2)23-21(22-18)24-10-7-15(8-11-24)13-20(26)25-12-9-16-5-3-4-6-17(16)25/h3-6,14-15H,7-13H2,1-2H3. The van der Waals surface area contributed by atoms with E-state index in [-0.39, 0.29) is 5.91 Å². The lowest BCUT2D eigenvalue weighted by Crippen LogP contribution is -2.37. The topological polar surface area (TPSA) is 67.8 Å². The first kappa shape index (κ1) is 18.5. The molecule has 0 aliphatic carbocycles. The van der Waals surface area contributed by atoms with Gasteiger partial charge in [0.15, 0.2) is 0 Å². The number of rotatable bonds is 5. The fourth-order valence-electron chi connectivity index (χ4n) is 4.03. The van der Waals surface area contributed by atoms with E-state index in [1.54, 1.807) is 20.3 Å². The minimum Gasteiger partial charge on any atom is -0.481 e. The van der Waals surface area contributed by atoms with Gasteiger partial charge in [0.05, 0.1) is 20.3 Å². The molecule has 4 rings (SSSR count). The van der Waals surface area contributed by atoms with Crippen LogP contribution in [-0.4, -0.2) is 49.7 Å². The number of methoxy groups -OCH3 is 2. The maximum atomic E-state index is 12.8. The van der Waals surface area contributed by atoms with Crippen LogP contribution < -0.4 is 19.3 Å². The van der Waals surface area contributed by atoms with Gasteiger partial charge in [0.25, 0.3) is 0 Å². The van der Waals surface area contributed by atoms with E-state index < -0.39 is 0 Å². The van der Waals surface area contributed by atoms with Gasteiger partial charge in [-0.1, -0.05) is 18.2 Å². The third-order valence-corrected chi connectivity index (χ3v) is 5.63. The Morgan fingerprint density at radius 1 is 1.07 bits per heavy atom. The maximum Gasteiger partial charge on any atom is 0.231 e. The minimum atomic E-state index is 0.239. The Labute approximate surface area is 165 Å². The van der Waals surface area contributed by atoms with Crippen LogP contribution in [0.4, 0.5) is 11.6 Å². The number of hydrogen-bond acceptors (Lipinski definition) is 6. The van der Waals surface area contributed by atoms with Gasteiger partial charge in [0.1, 0.15) is 0 Å². The molecule has 0 radical (unpaired) electrons. The monoisotopic (exact) mass is 382 g/mol. The van der Waals surface area contributed by atoms with Crippen molar-refractivity contribution in [1.82, 2.24) is 9.97 Å². The molecule has 1 aromatic carbocycles. The molecule has 1 saturated heterocycles. The average molecular weight is 382 g/mol. The van der Waals surface area contributed by atoms with Crippen molar-refractivity contribution in [2.75, 3.05) is 43.7 Å². The lowest BCUT2D eigenvalue weighted by molar-refractivity contribution is -0.119. The molecule has 0 bridgehead atoms. The first-order valence-corrected chi connectivity index (χ1v) is 9.78. The van der Waals surface area contributed by atoms with E-state index in [9.17, 15) is 4.79 Å². The van der Waals surface area contributed by atoms with Crippen molar-refractivity contribution >= 4 is 17.5 Å². The van der Waals surface area contributed by atoms with Crippen LogP contribution in [0, 0.1) is 5.92 Å². The smallest absolute Gasteiger partial charge is 0.231 e. The summed E-state index contributed by atoms with van der Waals surface area (Å²) < 4.78 is 10.5. The van der Waals surface area contributed by atoms with Crippen molar-refractivity contribution < 1.29 is 14.3 Å². The van der Waals surface area contributed by atoms with Crippen LogP contribution in [0.25, 0.3) is 0 Å². The molecule has 7 nitrogen and oxygen atoms in total. The third-order valence-electron chi connectivity index (χ3n) is 5.63. The van der Waals surface area contributed by atoms with Crippen LogP contribution in [0.3, 0.4) is 0 Å². The Bertz CT molecular complexity index is 827. The quantitative estimate of drug-likeness (QED) is 0.792. The van der Waals surface area contributed by atoms with E-state index in [1.165, 1.54) is 5.56 Å². The number of nitrogens with zero attached hydrogens (tertiary/aromatic N) is 4. The van der Waals surface area contributed by atoms with E-state index in [1.807, 2.05) is 17.0 Å². The lowest BCUT2D eigenvalue weighted by atomic mass is 9.93. The Hall–Kier alpha value is -2.83. The fraction of sp³-hybridized carbons (Fsp3) is 0.476. The molecule has 0 N–H and O–H groups in total. The van der Waals surface area contributed by atoms with Gasteiger partial charge < -0.3 is 19.3 Å². The first-order valence-electron chi connectivity index (χ1n) is 9.78. The summed E-state index contributed by atoms with van der Waals surface area (Å²) >= 11 is 0. The molecule has 28 heavy (non-hydrogen) atoms. The Morgan fingerprint density at radius 2 is 1.75 bits per heavy atom. The summed E-state index contributed by atoms with van der Waals surface area (Å²) in [7, 11) is 3.17. The predicted molar refractivity (Wildman–Crippen MR) is 107 cm³/mol. The number of carbonyl (C=O) groups excluding carboxylic acids is 1. The summed E-state index contributed by atoms with van der Waals surface area (Å²) in [6.07, 6.45) is 3.45. The number of piperidine rings is 1. The van der Waals surface area contributed by atoms with Crippen LogP contribution in [0.2, 0.25) is 0 Å². The molecular weight excluding hydrogens is 356 g/mol. The summed E-state index contributed by atoms with van der Waals surface area (Å²) in [4.78, 5) is 25.8. The van der Waals surface area contributed by atoms with Crippen LogP contribution in [0.5, 0.6) is 11.8 Å². The van der Waals surface area contributed by atoms with Crippen molar-refractivity contribution in [2.45, 2.75) is 25.7 Å². The number of ether oxygens (including phenoxy) is 2. The molecule has 3 heterocycles. The molecule has 2 aliphatic heterocycles. The van der Waals surface area contributed by atoms with E-state index >= 15 is 0 Å². The van der Waals surface area contributed by atoms with Gasteiger partial charge in [-0.15, -0.1) is 0 Å². The molecule has 1 aromatic heterocycles. The van der Waals surface area contributed by atoms with Crippen molar-refractivity contribution in [2.24, 2.45) is 5.92 Å². The highest BCUT2D eigenvalue weighted by Crippen LogP contribution is 2.31. The zero-order valence-corrected chi connectivity index (χ0v) is 16.4. The lowest BCUT2D eigenvalue weighted by Gasteiger charge is -2.32. The van der Waals surface area contributed by atoms with Gasteiger partial charge in [0, 0.05) is 31.7 Å². The Balaban J connectivity index is 1.35. The van der Waals surface area contributed by atoms with Gasteiger partial charge >= 0.3 is 0 Å². The third kappa shape index (κ3) is 3.74. The number of hydrogen-bond donors (Lipinski definition) is 0. The predicted octanol–water partition coefficient (Wildman–Crippen LogP) is 2.69. The summed E-state index contributed by atoms with van der Waals surface area (Å²) in [6, 6.07) is 9.88. The molecule has 1 amide bonds. The molecule has 148 valence electrons. The van der Waals surface area contributed by atoms with Crippen molar-refractivity contribution in [3.63, 3.8) is 0 Å². The highest BCUT2D eigenvalue weighted by atomic mass is 16.5. The summed E-state index contributed by atoms with van der Waals surface area (Å²) in [5, 5.41) is 0. The van der Waals surface area contributed by atoms with Crippen molar-refractivity contribution in [1.29, 1.82) is 0 Å². The van der Waals surface area contributed by atoms with Gasteiger partial charge in [-0.25, -0.2) is 0 Å². The van der Waals surface area contributed by atoms with Gasteiger partial charge in [0.2, 0.25) is 23.6 Å². The molecule has 0 unspecified atom stereocenters. The summed E-state index contributed by atoms with van der Waals surface area (Å²) in [5.74, 6) is 2.24. The second-order valence-electron chi connectivity index (χ2n) is 7.31. The summed E-state index contributed by atoms with van der Waals surface area (Å²) in [5.41, 5.74) is 2.36. The number of benzene rings is 1. The number of carbonyl (C=O) groups is 1. The molecule has 1 fully saturated rings. The molecule has 2 aliphatic rings. The maximum absolute atomic E-state index is 12.8. The number of amides is 1. The Morgan fingerprint density at radius 3 is 2.43 bits per heavy atom. The SMILES string of the molecule is COc1cc(OC)nc(N2CCC(CC(=O)N3CCc4ccccc43)CC2)n1. The van der Waals surface area contributed by atoms with Gasteiger partial charge in [-0.2, -0.15) is 9.97 Å². The number of para-hydroxylation sites is 1. The Kier molecular flexibility index (Phi) is 5.32. The zero-order valence-electron chi connectivity index (χ0n) is 16.4. The van der Waals surface area contributed by atoms with Crippen molar-refractivity contribution in [3.05, 3.63) is 35.9 Å². The van der Waals surface area contributed by atoms with E-state index in [4.69, 9.17) is 9.47 Å². The second-order valence-corrected chi connectivity index (χ2v) is 7.31. The number of aromatic nitrogens is 2. The molecule has 7 heteroatoms. The normalized spacial score (nSPS) is 16.8. The van der Waals surface area contributed by atoms with E-state index in [0.29, 0.717) is 30.0 Å². The highest BCUT2D eigenvalue weighted by molar-refractivity contribution is 5.95. The average Bonchev–Trinajstić information content (AvgIpc) is 3.18. The van der Waals surface area contributed by atoms with E-state index in [0.717, 1.165) is 44.6 Å². The summed E-state index contributed by atoms with van der Waals surface area (Å²) in [6.45, 7) is 2.45. The van der Waals surface area contributed by atoms with Crippen LogP contribution >= 0.6 is 0 Å². The van der Waals surface area contributed by atoms with Gasteiger partial charge in [-0.3, -0.25) is 4.79 Å². The molecular formula is C21H26N4O3. The fourth-order valence-corrected chi connectivity index (χ4v) is 4.03. The molecule has 0 saturated carbocycles. The zero-order chi connectivity index (χ0) is 19.5. The first-order chi connectivity index (χ1) is 13.7. The van der Waals surface area contributed by atoms with Crippen LogP contribution in [0.1, 0.15) is 24.8 Å². The largest absolute Gasteiger partial charge is 0.481 e. The minimum absolute atomic E-state index is 0.239. The molecule has 0 atom stereocenters. The van der Waals surface area contributed by atoms with Crippen molar-refractivity contribution in [3.8, 4) is 11.8 Å².